The highest BCUT2D eigenvalue weighted by atomic mass is 35.5. The van der Waals surface area contributed by atoms with E-state index in [4.69, 9.17) is 17.3 Å². The van der Waals surface area contributed by atoms with E-state index in [9.17, 15) is 4.79 Å². The molecule has 1 aliphatic heterocycles. The highest BCUT2D eigenvalue weighted by Crippen LogP contribution is 2.36. The molecule has 2 rings (SSSR count). The Hall–Kier alpha value is -1.06. The summed E-state index contributed by atoms with van der Waals surface area (Å²) in [5.41, 5.74) is 7.62. The molecule has 0 spiro atoms. The van der Waals surface area contributed by atoms with Gasteiger partial charge in [0.15, 0.2) is 0 Å². The quantitative estimate of drug-likeness (QED) is 0.880. The lowest BCUT2D eigenvalue weighted by molar-refractivity contribution is -0.119. The van der Waals surface area contributed by atoms with Gasteiger partial charge in [-0.05, 0) is 18.6 Å². The topological polar surface area (TPSA) is 46.3 Å². The Bertz CT molecular complexity index is 419. The Morgan fingerprint density at radius 2 is 2.25 bits per heavy atom. The van der Waals surface area contributed by atoms with Crippen LogP contribution in [0, 0.1) is 0 Å². The monoisotopic (exact) mass is 238 g/mol. The number of halogens is 1. The zero-order valence-electron chi connectivity index (χ0n) is 9.24. The molecule has 1 unspecified atom stereocenters. The Morgan fingerprint density at radius 3 is 2.94 bits per heavy atom. The molecule has 0 saturated heterocycles. The predicted octanol–water partition coefficient (Wildman–Crippen LogP) is 2.49. The first-order valence-corrected chi connectivity index (χ1v) is 5.89. The van der Waals surface area contributed by atoms with Gasteiger partial charge in [-0.25, -0.2) is 0 Å². The molecule has 0 fully saturated rings. The third kappa shape index (κ3) is 1.81. The lowest BCUT2D eigenvalue weighted by Gasteiger charge is -2.17. The van der Waals surface area contributed by atoms with Gasteiger partial charge in [-0.15, -0.1) is 0 Å². The molecule has 4 heteroatoms. The molecule has 86 valence electrons. The second kappa shape index (κ2) is 4.44. The van der Waals surface area contributed by atoms with Gasteiger partial charge in [-0.1, -0.05) is 31.0 Å². The number of rotatable bonds is 3. The molecule has 1 atom stereocenters. The summed E-state index contributed by atoms with van der Waals surface area (Å²) in [6.07, 6.45) is 2.03. The van der Waals surface area contributed by atoms with Crippen molar-refractivity contribution in [2.75, 3.05) is 11.4 Å². The highest BCUT2D eigenvalue weighted by molar-refractivity contribution is 6.31. The van der Waals surface area contributed by atoms with Gasteiger partial charge in [0.25, 0.3) is 0 Å². The minimum atomic E-state index is -0.524. The fourth-order valence-corrected chi connectivity index (χ4v) is 2.15. The van der Waals surface area contributed by atoms with Crippen LogP contribution in [-0.4, -0.2) is 12.5 Å². The predicted molar refractivity (Wildman–Crippen MR) is 65.6 cm³/mol. The fourth-order valence-electron chi connectivity index (χ4n) is 1.98. The molecule has 0 radical (unpaired) electrons. The van der Waals surface area contributed by atoms with Crippen LogP contribution < -0.4 is 10.6 Å². The first kappa shape index (κ1) is 11.4. The number of unbranched alkanes of at least 4 members (excludes halogenated alkanes) is 1. The van der Waals surface area contributed by atoms with Gasteiger partial charge < -0.3 is 10.6 Å². The van der Waals surface area contributed by atoms with Gasteiger partial charge in [-0.2, -0.15) is 0 Å². The molecule has 1 amide bonds. The van der Waals surface area contributed by atoms with Gasteiger partial charge in [0.2, 0.25) is 5.91 Å². The van der Waals surface area contributed by atoms with E-state index >= 15 is 0 Å². The van der Waals surface area contributed by atoms with E-state index in [2.05, 4.69) is 6.92 Å². The summed E-state index contributed by atoms with van der Waals surface area (Å²) in [7, 11) is 0. The molecule has 0 aliphatic carbocycles. The lowest BCUT2D eigenvalue weighted by atomic mass is 10.1. The van der Waals surface area contributed by atoms with Crippen molar-refractivity contribution in [3.63, 3.8) is 0 Å². The second-order valence-corrected chi connectivity index (χ2v) is 4.46. The molecular formula is C12H15ClN2O. The van der Waals surface area contributed by atoms with Crippen LogP contribution in [-0.2, 0) is 4.79 Å². The number of anilines is 1. The normalized spacial score (nSPS) is 19.1. The number of benzene rings is 1. The van der Waals surface area contributed by atoms with E-state index < -0.39 is 6.04 Å². The molecular weight excluding hydrogens is 224 g/mol. The number of carbonyl (C=O) groups excluding carboxylic acids is 1. The minimum Gasteiger partial charge on any atom is -0.316 e. The summed E-state index contributed by atoms with van der Waals surface area (Å²) >= 11 is 5.94. The minimum absolute atomic E-state index is 0.0225. The summed E-state index contributed by atoms with van der Waals surface area (Å²) < 4.78 is 0. The van der Waals surface area contributed by atoms with Crippen molar-refractivity contribution in [2.45, 2.75) is 25.8 Å². The molecule has 0 saturated carbocycles. The van der Waals surface area contributed by atoms with Gasteiger partial charge in [0, 0.05) is 17.1 Å². The first-order valence-electron chi connectivity index (χ1n) is 5.51. The summed E-state index contributed by atoms with van der Waals surface area (Å²) in [5, 5.41) is 0.641. The molecule has 3 nitrogen and oxygen atoms in total. The molecule has 2 N–H and O–H groups in total. The van der Waals surface area contributed by atoms with Gasteiger partial charge in [-0.3, -0.25) is 4.79 Å². The number of hydrogen-bond acceptors (Lipinski definition) is 2. The van der Waals surface area contributed by atoms with Gasteiger partial charge >= 0.3 is 0 Å². The molecule has 1 aromatic carbocycles. The van der Waals surface area contributed by atoms with Crippen molar-refractivity contribution in [3.05, 3.63) is 28.8 Å². The maximum absolute atomic E-state index is 11.9. The van der Waals surface area contributed by atoms with Crippen molar-refractivity contribution in [1.29, 1.82) is 0 Å². The average molecular weight is 239 g/mol. The van der Waals surface area contributed by atoms with Crippen LogP contribution in [0.25, 0.3) is 0 Å². The summed E-state index contributed by atoms with van der Waals surface area (Å²) in [6.45, 7) is 2.82. The van der Waals surface area contributed by atoms with E-state index in [0.717, 1.165) is 30.6 Å². The molecule has 1 aliphatic rings. The molecule has 1 heterocycles. The van der Waals surface area contributed by atoms with E-state index in [1.165, 1.54) is 0 Å². The summed E-state index contributed by atoms with van der Waals surface area (Å²) in [6, 6.07) is 4.91. The van der Waals surface area contributed by atoms with Gasteiger partial charge in [0.1, 0.15) is 6.04 Å². The molecule has 16 heavy (non-hydrogen) atoms. The van der Waals surface area contributed by atoms with Crippen molar-refractivity contribution in [2.24, 2.45) is 5.73 Å². The van der Waals surface area contributed by atoms with Crippen LogP contribution in [0.5, 0.6) is 0 Å². The zero-order valence-corrected chi connectivity index (χ0v) is 10.00. The first-order chi connectivity index (χ1) is 7.65. The SMILES string of the molecule is CCCCN1C(=O)C(N)c2ccc(Cl)cc21. The Kier molecular flexibility index (Phi) is 3.17. The number of amides is 1. The smallest absolute Gasteiger partial charge is 0.248 e. The van der Waals surface area contributed by atoms with Crippen molar-refractivity contribution in [3.8, 4) is 0 Å². The van der Waals surface area contributed by atoms with Crippen LogP contribution in [0.2, 0.25) is 5.02 Å². The standard InChI is InChI=1S/C12H15ClN2O/c1-2-3-6-15-10-7-8(13)4-5-9(10)11(14)12(15)16/h4-5,7,11H,2-3,6,14H2,1H3. The van der Waals surface area contributed by atoms with E-state index in [1.54, 1.807) is 11.0 Å². The maximum atomic E-state index is 11.9. The fraction of sp³-hybridized carbons (Fsp3) is 0.417. The van der Waals surface area contributed by atoms with E-state index in [0.29, 0.717) is 5.02 Å². The third-order valence-electron chi connectivity index (χ3n) is 2.89. The summed E-state index contributed by atoms with van der Waals surface area (Å²) in [5.74, 6) is -0.0225. The average Bonchev–Trinajstić information content (AvgIpc) is 2.50. The summed E-state index contributed by atoms with van der Waals surface area (Å²) in [4.78, 5) is 13.7. The Morgan fingerprint density at radius 1 is 1.50 bits per heavy atom. The lowest BCUT2D eigenvalue weighted by Crippen LogP contribution is -2.32. The van der Waals surface area contributed by atoms with Crippen LogP contribution >= 0.6 is 11.6 Å². The van der Waals surface area contributed by atoms with Crippen molar-refractivity contribution in [1.82, 2.24) is 0 Å². The number of nitrogens with zero attached hydrogens (tertiary/aromatic N) is 1. The van der Waals surface area contributed by atoms with Crippen LogP contribution in [0.15, 0.2) is 18.2 Å². The van der Waals surface area contributed by atoms with Crippen LogP contribution in [0.4, 0.5) is 5.69 Å². The number of carbonyl (C=O) groups is 1. The Labute approximate surface area is 100 Å². The second-order valence-electron chi connectivity index (χ2n) is 4.02. The molecule has 0 bridgehead atoms. The molecule has 0 aromatic heterocycles. The number of nitrogens with two attached hydrogens (primary N) is 1. The Balaban J connectivity index is 2.35. The largest absolute Gasteiger partial charge is 0.316 e. The van der Waals surface area contributed by atoms with Crippen molar-refractivity contribution < 1.29 is 4.79 Å². The zero-order chi connectivity index (χ0) is 11.7. The van der Waals surface area contributed by atoms with E-state index in [1.807, 2.05) is 12.1 Å². The van der Waals surface area contributed by atoms with E-state index in [-0.39, 0.29) is 5.91 Å². The van der Waals surface area contributed by atoms with Crippen LogP contribution in [0.1, 0.15) is 31.4 Å². The highest BCUT2D eigenvalue weighted by Gasteiger charge is 2.34. The maximum Gasteiger partial charge on any atom is 0.248 e. The number of fused-ring (bicyclic) bond motifs is 1. The van der Waals surface area contributed by atoms with Gasteiger partial charge in [0.05, 0.1) is 5.69 Å². The third-order valence-corrected chi connectivity index (χ3v) is 3.12. The number of hydrogen-bond donors (Lipinski definition) is 1. The van der Waals surface area contributed by atoms with Crippen LogP contribution in [0.3, 0.4) is 0 Å². The molecule has 1 aromatic rings. The van der Waals surface area contributed by atoms with Crippen molar-refractivity contribution >= 4 is 23.2 Å².